The normalized spacial score (nSPS) is 13.2. The summed E-state index contributed by atoms with van der Waals surface area (Å²) in [6.07, 6.45) is 0.688. The molecular weight excluding hydrogens is 163 g/mol. The largest absolute Gasteiger partial charge is 0.461 e. The van der Waals surface area contributed by atoms with Crippen molar-refractivity contribution < 1.29 is 8.51 Å². The summed E-state index contributed by atoms with van der Waals surface area (Å²) in [5.74, 6) is 0. The van der Waals surface area contributed by atoms with Crippen molar-refractivity contribution in [1.82, 2.24) is 0 Å². The molecule has 0 spiro atoms. The van der Waals surface area contributed by atoms with Gasteiger partial charge in [0.25, 0.3) is 0 Å². The zero-order valence-corrected chi connectivity index (χ0v) is 9.53. The summed E-state index contributed by atoms with van der Waals surface area (Å²) in [7, 11) is -1.68. The number of rotatable bonds is 5. The number of alkyl halides is 1. The fourth-order valence-corrected chi connectivity index (χ4v) is 5.64. The lowest BCUT2D eigenvalue weighted by Gasteiger charge is -2.21. The maximum Gasteiger partial charge on any atom is 0.173 e. The van der Waals surface area contributed by atoms with Gasteiger partial charge in [-0.2, -0.15) is 0 Å². The van der Waals surface area contributed by atoms with E-state index >= 15 is 0 Å². The number of hydrogen-bond acceptors (Lipinski definition) is 1. The van der Waals surface area contributed by atoms with E-state index in [9.17, 15) is 4.39 Å². The second kappa shape index (κ2) is 5.04. The van der Waals surface area contributed by atoms with Gasteiger partial charge >= 0.3 is 0 Å². The van der Waals surface area contributed by atoms with Crippen molar-refractivity contribution in [3.05, 3.63) is 0 Å². The van der Waals surface area contributed by atoms with Gasteiger partial charge in [-0.15, -0.1) is 0 Å². The number of halogens is 1. The Morgan fingerprint density at radius 2 is 2.10 bits per heavy atom. The molecule has 0 aliphatic carbocycles. The maximum atomic E-state index is 11.7. The van der Waals surface area contributed by atoms with Crippen LogP contribution in [0.3, 0.4) is 0 Å². The Morgan fingerprint density at radius 3 is 2.50 bits per heavy atom. The Labute approximate surface area is 66.0 Å². The molecule has 62 valence electrons. The summed E-state index contributed by atoms with van der Waals surface area (Å²) >= 11 is 0. The third kappa shape index (κ3) is 5.14. The molecular formula is C6H17FOSi2. The van der Waals surface area contributed by atoms with E-state index in [2.05, 4.69) is 19.6 Å². The predicted molar refractivity (Wildman–Crippen MR) is 48.4 cm³/mol. The van der Waals surface area contributed by atoms with Crippen molar-refractivity contribution in [1.29, 1.82) is 0 Å². The molecule has 0 aliphatic heterocycles. The van der Waals surface area contributed by atoms with Gasteiger partial charge in [0.2, 0.25) is 0 Å². The van der Waals surface area contributed by atoms with Gasteiger partial charge in [0.05, 0.1) is 6.67 Å². The van der Waals surface area contributed by atoms with Crippen LogP contribution in [0.2, 0.25) is 25.7 Å². The van der Waals surface area contributed by atoms with E-state index < -0.39 is 8.32 Å². The predicted octanol–water partition coefficient (Wildman–Crippen LogP) is 1.70. The Bertz CT molecular complexity index is 87.8. The standard InChI is InChI=1S/C6H17FOSi2/c1-9-8-10(2,3)6-4-5-7/h4-6,9H2,1-3H3. The van der Waals surface area contributed by atoms with Crippen molar-refractivity contribution in [2.45, 2.75) is 32.1 Å². The summed E-state index contributed by atoms with van der Waals surface area (Å²) in [5, 5.41) is 0. The van der Waals surface area contributed by atoms with Crippen LogP contribution in [0, 0.1) is 0 Å². The summed E-state index contributed by atoms with van der Waals surface area (Å²) < 4.78 is 17.4. The average Bonchev–Trinajstić information content (AvgIpc) is 1.84. The van der Waals surface area contributed by atoms with E-state index in [4.69, 9.17) is 4.12 Å². The minimum absolute atomic E-state index is 0.189. The zero-order chi connectivity index (χ0) is 8.04. The van der Waals surface area contributed by atoms with Gasteiger partial charge in [0, 0.05) is 0 Å². The Balaban J connectivity index is 3.42. The van der Waals surface area contributed by atoms with Crippen molar-refractivity contribution in [3.63, 3.8) is 0 Å². The van der Waals surface area contributed by atoms with Crippen LogP contribution in [0.15, 0.2) is 0 Å². The second-order valence-corrected chi connectivity index (χ2v) is 8.74. The third-order valence-corrected chi connectivity index (χ3v) is 7.29. The maximum absolute atomic E-state index is 11.7. The van der Waals surface area contributed by atoms with Crippen LogP contribution in [0.25, 0.3) is 0 Å². The van der Waals surface area contributed by atoms with E-state index in [1.807, 2.05) is 0 Å². The molecule has 0 unspecified atom stereocenters. The molecule has 0 amide bonds. The van der Waals surface area contributed by atoms with Gasteiger partial charge in [-0.3, -0.25) is 4.39 Å². The highest BCUT2D eigenvalue weighted by atomic mass is 28.4. The van der Waals surface area contributed by atoms with Crippen LogP contribution in [-0.2, 0) is 4.12 Å². The van der Waals surface area contributed by atoms with E-state index in [1.165, 1.54) is 0 Å². The average molecular weight is 180 g/mol. The molecule has 0 aliphatic rings. The van der Waals surface area contributed by atoms with Gasteiger partial charge < -0.3 is 4.12 Å². The molecule has 0 saturated heterocycles. The topological polar surface area (TPSA) is 9.23 Å². The molecule has 0 aromatic carbocycles. The smallest absolute Gasteiger partial charge is 0.173 e. The van der Waals surface area contributed by atoms with E-state index in [-0.39, 0.29) is 16.4 Å². The SMILES string of the molecule is C[SiH2]O[Si](C)(C)CCCF. The molecule has 0 radical (unpaired) electrons. The molecule has 0 rings (SSSR count). The highest BCUT2D eigenvalue weighted by Crippen LogP contribution is 2.12. The summed E-state index contributed by atoms with van der Waals surface area (Å²) in [5.41, 5.74) is 0. The van der Waals surface area contributed by atoms with Crippen LogP contribution in [0.1, 0.15) is 6.42 Å². The van der Waals surface area contributed by atoms with Gasteiger partial charge in [0.1, 0.15) is 9.76 Å². The van der Waals surface area contributed by atoms with Crippen LogP contribution >= 0.6 is 0 Å². The van der Waals surface area contributed by atoms with E-state index in [0.29, 0.717) is 6.42 Å². The highest BCUT2D eigenvalue weighted by Gasteiger charge is 2.19. The third-order valence-electron chi connectivity index (χ3n) is 1.45. The molecule has 0 fully saturated rings. The van der Waals surface area contributed by atoms with Crippen LogP contribution in [0.5, 0.6) is 0 Å². The van der Waals surface area contributed by atoms with Crippen LogP contribution in [0.4, 0.5) is 4.39 Å². The summed E-state index contributed by atoms with van der Waals surface area (Å²) in [4.78, 5) is 0. The first-order valence-electron chi connectivity index (χ1n) is 3.82. The van der Waals surface area contributed by atoms with E-state index in [0.717, 1.165) is 6.04 Å². The lowest BCUT2D eigenvalue weighted by atomic mass is 10.6. The first kappa shape index (κ1) is 10.3. The van der Waals surface area contributed by atoms with Gasteiger partial charge in [-0.1, -0.05) is 6.55 Å². The molecule has 4 heteroatoms. The minimum Gasteiger partial charge on any atom is -0.461 e. The minimum atomic E-state index is -1.40. The molecule has 0 heterocycles. The molecule has 0 N–H and O–H groups in total. The van der Waals surface area contributed by atoms with Crippen molar-refractivity contribution in [2.75, 3.05) is 6.67 Å². The summed E-state index contributed by atoms with van der Waals surface area (Å²) in [6.45, 7) is 6.27. The molecule has 0 atom stereocenters. The zero-order valence-electron chi connectivity index (χ0n) is 7.11. The van der Waals surface area contributed by atoms with Crippen molar-refractivity contribution in [3.8, 4) is 0 Å². The second-order valence-electron chi connectivity index (χ2n) is 2.99. The molecule has 0 aromatic heterocycles. The molecule has 10 heavy (non-hydrogen) atoms. The first-order valence-corrected chi connectivity index (χ1v) is 8.93. The lowest BCUT2D eigenvalue weighted by Crippen LogP contribution is -2.31. The fraction of sp³-hybridized carbons (Fsp3) is 1.00. The van der Waals surface area contributed by atoms with Crippen LogP contribution < -0.4 is 0 Å². The fourth-order valence-electron chi connectivity index (χ4n) is 0.955. The van der Waals surface area contributed by atoms with E-state index in [1.54, 1.807) is 0 Å². The molecule has 0 bridgehead atoms. The molecule has 0 aromatic rings. The molecule has 1 nitrogen and oxygen atoms in total. The summed E-state index contributed by atoms with van der Waals surface area (Å²) in [6, 6.07) is 0.977. The highest BCUT2D eigenvalue weighted by molar-refractivity contribution is 6.74. The van der Waals surface area contributed by atoms with Crippen molar-refractivity contribution in [2.24, 2.45) is 0 Å². The first-order chi connectivity index (χ1) is 4.62. The van der Waals surface area contributed by atoms with Crippen molar-refractivity contribution >= 4 is 18.1 Å². The Hall–Kier alpha value is 0.324. The van der Waals surface area contributed by atoms with Crippen LogP contribution in [-0.4, -0.2) is 24.8 Å². The van der Waals surface area contributed by atoms with Gasteiger partial charge in [-0.25, -0.2) is 0 Å². The Morgan fingerprint density at radius 1 is 1.50 bits per heavy atom. The molecule has 0 saturated carbocycles. The number of hydrogen-bond donors (Lipinski definition) is 0. The quantitative estimate of drug-likeness (QED) is 0.585. The Kier molecular flexibility index (Phi) is 5.20. The monoisotopic (exact) mass is 180 g/mol. The lowest BCUT2D eigenvalue weighted by molar-refractivity contribution is 0.476. The van der Waals surface area contributed by atoms with Gasteiger partial charge in [0.15, 0.2) is 8.32 Å². The van der Waals surface area contributed by atoms with Gasteiger partial charge in [-0.05, 0) is 25.6 Å².